The topological polar surface area (TPSA) is 79.0 Å². The summed E-state index contributed by atoms with van der Waals surface area (Å²) in [5.41, 5.74) is 2.86. The first kappa shape index (κ1) is 19.2. The molecule has 7 nitrogen and oxygen atoms in total. The molecule has 0 bridgehead atoms. The molecule has 1 amide bonds. The average molecular weight is 385 g/mol. The Hall–Kier alpha value is -1.55. The average Bonchev–Trinajstić information content (AvgIpc) is 2.63. The van der Waals surface area contributed by atoms with Gasteiger partial charge in [0.2, 0.25) is 15.9 Å². The minimum atomic E-state index is -3.67. The van der Waals surface area contributed by atoms with Crippen LogP contribution in [-0.4, -0.2) is 63.0 Å². The van der Waals surface area contributed by atoms with Crippen molar-refractivity contribution < 1.29 is 22.3 Å². The van der Waals surface area contributed by atoms with E-state index in [4.69, 9.17) is 4.74 Å². The second-order valence-corrected chi connectivity index (χ2v) is 8.60. The van der Waals surface area contributed by atoms with Crippen molar-refractivity contribution in [2.24, 2.45) is 5.92 Å². The van der Waals surface area contributed by atoms with Gasteiger partial charge in [-0.25, -0.2) is 17.8 Å². The molecule has 0 aliphatic carbocycles. The lowest BCUT2D eigenvalue weighted by atomic mass is 9.96. The number of nitrogens with zero attached hydrogens (tertiary/aromatic N) is 2. The van der Waals surface area contributed by atoms with Gasteiger partial charge in [0, 0.05) is 32.6 Å². The van der Waals surface area contributed by atoms with Crippen LogP contribution in [0.2, 0.25) is 0 Å². The van der Waals surface area contributed by atoms with Crippen molar-refractivity contribution >= 4 is 15.9 Å². The van der Waals surface area contributed by atoms with Gasteiger partial charge in [0.25, 0.3) is 0 Å². The minimum absolute atomic E-state index is 0.0278. The molecule has 1 unspecified atom stereocenters. The molecule has 2 aliphatic rings. The number of benzene rings is 1. The van der Waals surface area contributed by atoms with Crippen molar-refractivity contribution in [2.75, 3.05) is 39.4 Å². The van der Waals surface area contributed by atoms with Crippen LogP contribution in [0.3, 0.4) is 0 Å². The molecule has 0 radical (unpaired) electrons. The van der Waals surface area contributed by atoms with E-state index in [2.05, 4.69) is 5.43 Å². The highest BCUT2D eigenvalue weighted by molar-refractivity contribution is 7.89. The summed E-state index contributed by atoms with van der Waals surface area (Å²) in [6.07, 6.45) is 1.80. The van der Waals surface area contributed by atoms with Crippen LogP contribution in [0.4, 0.5) is 4.39 Å². The molecule has 0 saturated carbocycles. The van der Waals surface area contributed by atoms with Crippen LogP contribution in [-0.2, 0) is 19.6 Å². The molecule has 2 saturated heterocycles. The van der Waals surface area contributed by atoms with Crippen LogP contribution in [0.15, 0.2) is 29.2 Å². The second kappa shape index (κ2) is 8.43. The maximum atomic E-state index is 13.1. The molecule has 0 aromatic heterocycles. The lowest BCUT2D eigenvalue weighted by molar-refractivity contribution is -0.129. The van der Waals surface area contributed by atoms with Crippen molar-refractivity contribution in [2.45, 2.75) is 24.2 Å². The molecule has 0 spiro atoms. The molecule has 1 aromatic carbocycles. The number of amides is 1. The number of piperidine rings is 1. The van der Waals surface area contributed by atoms with Crippen LogP contribution in [0.5, 0.6) is 0 Å². The van der Waals surface area contributed by atoms with Gasteiger partial charge in [-0.05, 0) is 43.0 Å². The lowest BCUT2D eigenvalue weighted by Gasteiger charge is -2.32. The van der Waals surface area contributed by atoms with Gasteiger partial charge in [0.1, 0.15) is 5.82 Å². The van der Waals surface area contributed by atoms with E-state index in [1.54, 1.807) is 0 Å². The van der Waals surface area contributed by atoms with E-state index in [0.29, 0.717) is 45.8 Å². The van der Waals surface area contributed by atoms with Gasteiger partial charge in [0.15, 0.2) is 0 Å². The fourth-order valence-corrected chi connectivity index (χ4v) is 4.88. The molecule has 1 aromatic rings. The first-order chi connectivity index (χ1) is 12.4. The van der Waals surface area contributed by atoms with E-state index in [9.17, 15) is 17.6 Å². The summed E-state index contributed by atoms with van der Waals surface area (Å²) < 4.78 is 45.1. The first-order valence-electron chi connectivity index (χ1n) is 8.83. The van der Waals surface area contributed by atoms with E-state index >= 15 is 0 Å². The van der Waals surface area contributed by atoms with Crippen LogP contribution >= 0.6 is 0 Å². The zero-order chi connectivity index (χ0) is 18.6. The van der Waals surface area contributed by atoms with E-state index < -0.39 is 15.8 Å². The Bertz CT molecular complexity index is 720. The molecule has 144 valence electrons. The number of hydrazine groups is 1. The van der Waals surface area contributed by atoms with E-state index in [1.807, 2.05) is 5.01 Å². The third kappa shape index (κ3) is 4.79. The molecule has 1 N–H and O–H groups in total. The predicted octanol–water partition coefficient (Wildman–Crippen LogP) is 0.980. The Labute approximate surface area is 153 Å². The van der Waals surface area contributed by atoms with E-state index in [1.165, 1.54) is 16.4 Å². The SMILES string of the molecule is O=C(CC1CCCN(S(=O)(=O)c2ccc(F)cc2)C1)NN1CCOCC1. The standard InChI is InChI=1S/C17H24FN3O4S/c18-15-3-5-16(6-4-15)26(23,24)21-7-1-2-14(13-21)12-17(22)19-20-8-10-25-11-9-20/h3-6,14H,1-2,7-13H2,(H,19,22). The summed E-state index contributed by atoms with van der Waals surface area (Å²) in [4.78, 5) is 12.3. The molecular formula is C17H24FN3O4S. The van der Waals surface area contributed by atoms with Gasteiger partial charge in [0.05, 0.1) is 18.1 Å². The van der Waals surface area contributed by atoms with Crippen LogP contribution < -0.4 is 5.43 Å². The monoisotopic (exact) mass is 385 g/mol. The minimum Gasteiger partial charge on any atom is -0.379 e. The Kier molecular flexibility index (Phi) is 6.23. The number of carbonyl (C=O) groups is 1. The Morgan fingerprint density at radius 3 is 2.58 bits per heavy atom. The number of ether oxygens (including phenoxy) is 1. The molecule has 9 heteroatoms. The van der Waals surface area contributed by atoms with Crippen molar-refractivity contribution in [1.82, 2.24) is 14.7 Å². The Balaban J connectivity index is 1.58. The van der Waals surface area contributed by atoms with Gasteiger partial charge in [-0.2, -0.15) is 4.31 Å². The highest BCUT2D eigenvalue weighted by Crippen LogP contribution is 2.25. The molecule has 2 fully saturated rings. The molecule has 26 heavy (non-hydrogen) atoms. The first-order valence-corrected chi connectivity index (χ1v) is 10.3. The number of halogens is 1. The quantitative estimate of drug-likeness (QED) is 0.818. The summed E-state index contributed by atoms with van der Waals surface area (Å²) in [5.74, 6) is -0.599. The fourth-order valence-electron chi connectivity index (χ4n) is 3.33. The zero-order valence-electron chi connectivity index (χ0n) is 14.6. The lowest BCUT2D eigenvalue weighted by Crippen LogP contribution is -2.49. The van der Waals surface area contributed by atoms with Gasteiger partial charge in [-0.1, -0.05) is 0 Å². The van der Waals surface area contributed by atoms with Crippen molar-refractivity contribution in [1.29, 1.82) is 0 Å². The highest BCUT2D eigenvalue weighted by Gasteiger charge is 2.31. The van der Waals surface area contributed by atoms with Crippen LogP contribution in [0.1, 0.15) is 19.3 Å². The molecular weight excluding hydrogens is 361 g/mol. The number of sulfonamides is 1. The zero-order valence-corrected chi connectivity index (χ0v) is 15.4. The fraction of sp³-hybridized carbons (Fsp3) is 0.588. The van der Waals surface area contributed by atoms with Gasteiger partial charge in [-0.15, -0.1) is 0 Å². The third-order valence-electron chi connectivity index (χ3n) is 4.70. The van der Waals surface area contributed by atoms with Gasteiger partial charge < -0.3 is 4.74 Å². The summed E-state index contributed by atoms with van der Waals surface area (Å²) in [5, 5.41) is 1.84. The maximum absolute atomic E-state index is 13.1. The molecule has 2 heterocycles. The van der Waals surface area contributed by atoms with Gasteiger partial charge in [-0.3, -0.25) is 10.2 Å². The molecule has 3 rings (SSSR count). The van der Waals surface area contributed by atoms with Crippen molar-refractivity contribution in [3.05, 3.63) is 30.1 Å². The number of morpholine rings is 1. The smallest absolute Gasteiger partial charge is 0.243 e. The predicted molar refractivity (Wildman–Crippen MR) is 93.0 cm³/mol. The van der Waals surface area contributed by atoms with E-state index in [-0.39, 0.29) is 23.1 Å². The summed E-state index contributed by atoms with van der Waals surface area (Å²) in [6.45, 7) is 3.21. The summed E-state index contributed by atoms with van der Waals surface area (Å²) >= 11 is 0. The van der Waals surface area contributed by atoms with Crippen LogP contribution in [0, 0.1) is 11.7 Å². The largest absolute Gasteiger partial charge is 0.379 e. The normalized spacial score (nSPS) is 22.9. The van der Waals surface area contributed by atoms with Crippen molar-refractivity contribution in [3.63, 3.8) is 0 Å². The maximum Gasteiger partial charge on any atom is 0.243 e. The highest BCUT2D eigenvalue weighted by atomic mass is 32.2. The molecule has 2 aliphatic heterocycles. The van der Waals surface area contributed by atoms with Gasteiger partial charge >= 0.3 is 0 Å². The number of hydrogen-bond acceptors (Lipinski definition) is 5. The van der Waals surface area contributed by atoms with Crippen molar-refractivity contribution in [3.8, 4) is 0 Å². The second-order valence-electron chi connectivity index (χ2n) is 6.66. The molecule has 1 atom stereocenters. The number of nitrogens with one attached hydrogen (secondary N) is 1. The Morgan fingerprint density at radius 2 is 1.88 bits per heavy atom. The summed E-state index contributed by atoms with van der Waals surface area (Å²) in [6, 6.07) is 4.84. The number of carbonyl (C=O) groups excluding carboxylic acids is 1. The van der Waals surface area contributed by atoms with E-state index in [0.717, 1.165) is 18.6 Å². The third-order valence-corrected chi connectivity index (χ3v) is 6.58. The number of rotatable bonds is 5. The summed E-state index contributed by atoms with van der Waals surface area (Å²) in [7, 11) is -3.67. The van der Waals surface area contributed by atoms with Crippen LogP contribution in [0.25, 0.3) is 0 Å². The number of hydrogen-bond donors (Lipinski definition) is 1. The Morgan fingerprint density at radius 1 is 1.19 bits per heavy atom.